The van der Waals surface area contributed by atoms with Gasteiger partial charge < -0.3 is 15.5 Å². The number of piperidine rings is 1. The summed E-state index contributed by atoms with van der Waals surface area (Å²) in [6.07, 6.45) is 6.39. The van der Waals surface area contributed by atoms with Crippen LogP contribution in [0.15, 0.2) is 53.4 Å². The van der Waals surface area contributed by atoms with E-state index >= 15 is 0 Å². The number of nitrogens with one attached hydrogen (secondary N) is 2. The lowest BCUT2D eigenvalue weighted by molar-refractivity contribution is -0.119. The van der Waals surface area contributed by atoms with Crippen LogP contribution in [0.25, 0.3) is 0 Å². The number of hydrogen-bond donors (Lipinski definition) is 2. The fourth-order valence-electron chi connectivity index (χ4n) is 3.35. The molecule has 2 aliphatic rings. The number of rotatable bonds is 5. The number of nitrogens with zero attached hydrogens (tertiary/aromatic N) is 1. The van der Waals surface area contributed by atoms with E-state index in [0.717, 1.165) is 31.5 Å². The van der Waals surface area contributed by atoms with Gasteiger partial charge in [-0.25, -0.2) is 8.42 Å². The second-order valence-electron chi connectivity index (χ2n) is 6.43. The van der Waals surface area contributed by atoms with Crippen molar-refractivity contribution < 1.29 is 13.2 Å². The molecule has 0 aromatic heterocycles. The molecule has 0 aliphatic carbocycles. The van der Waals surface area contributed by atoms with Crippen LogP contribution in [-0.2, 0) is 19.6 Å². The van der Waals surface area contributed by atoms with E-state index in [1.807, 2.05) is 11.6 Å². The summed E-state index contributed by atoms with van der Waals surface area (Å²) in [5.74, 6) is -0.271. The minimum atomic E-state index is -3.27. The highest BCUT2D eigenvalue weighted by Gasteiger charge is 2.45. The van der Waals surface area contributed by atoms with Gasteiger partial charge in [-0.1, -0.05) is 30.5 Å². The molecule has 6 nitrogen and oxygen atoms in total. The van der Waals surface area contributed by atoms with Crippen molar-refractivity contribution in [3.8, 4) is 0 Å². The van der Waals surface area contributed by atoms with Gasteiger partial charge in [0.05, 0.1) is 4.90 Å². The van der Waals surface area contributed by atoms with Crippen LogP contribution in [0.4, 0.5) is 0 Å². The van der Waals surface area contributed by atoms with Crippen molar-refractivity contribution in [2.45, 2.75) is 28.8 Å². The molecule has 2 N–H and O–H groups in total. The highest BCUT2D eigenvalue weighted by molar-refractivity contribution is 8.03. The molecule has 1 unspecified atom stereocenters. The van der Waals surface area contributed by atoms with Gasteiger partial charge >= 0.3 is 0 Å². The molecule has 1 aromatic rings. The fraction of sp³-hybridized carbons (Fsp3) is 0.389. The molecule has 1 fully saturated rings. The Morgan fingerprint density at radius 1 is 1.35 bits per heavy atom. The first-order chi connectivity index (χ1) is 12.4. The molecular weight excluding hydrogens is 370 g/mol. The maximum atomic E-state index is 12.2. The van der Waals surface area contributed by atoms with E-state index in [-0.39, 0.29) is 16.8 Å². The molecule has 1 amide bonds. The van der Waals surface area contributed by atoms with Gasteiger partial charge in [-0.2, -0.15) is 0 Å². The SMILES string of the molecule is C=CC(=O)NC1(c2ccc(S(C)(=O)=O)cc2)SC=CN1C1CCNCC1. The molecule has 1 aromatic carbocycles. The van der Waals surface area contributed by atoms with Crippen molar-refractivity contribution >= 4 is 27.5 Å². The van der Waals surface area contributed by atoms with Gasteiger partial charge in [0.2, 0.25) is 5.91 Å². The van der Waals surface area contributed by atoms with Crippen molar-refractivity contribution in [2.75, 3.05) is 19.3 Å². The number of carbonyl (C=O) groups is 1. The number of sulfone groups is 1. The Labute approximate surface area is 158 Å². The first-order valence-corrected chi connectivity index (χ1v) is 11.2. The molecule has 0 spiro atoms. The van der Waals surface area contributed by atoms with Crippen LogP contribution in [0.2, 0.25) is 0 Å². The van der Waals surface area contributed by atoms with Crippen molar-refractivity contribution in [1.82, 2.24) is 15.5 Å². The molecule has 140 valence electrons. The van der Waals surface area contributed by atoms with Gasteiger partial charge in [0, 0.05) is 24.1 Å². The molecule has 2 heterocycles. The van der Waals surface area contributed by atoms with Crippen LogP contribution in [0.5, 0.6) is 0 Å². The zero-order valence-electron chi connectivity index (χ0n) is 14.6. The fourth-order valence-corrected chi connectivity index (χ4v) is 5.14. The van der Waals surface area contributed by atoms with Gasteiger partial charge in [-0.05, 0) is 49.5 Å². The topological polar surface area (TPSA) is 78.5 Å². The Bertz CT molecular complexity index is 815. The molecule has 1 atom stereocenters. The smallest absolute Gasteiger partial charge is 0.246 e. The predicted molar refractivity (Wildman–Crippen MR) is 104 cm³/mol. The molecule has 1 saturated heterocycles. The van der Waals surface area contributed by atoms with Gasteiger partial charge in [0.15, 0.2) is 14.8 Å². The third-order valence-corrected chi connectivity index (χ3v) is 6.95. The molecular formula is C18H23N3O3S2. The summed E-state index contributed by atoms with van der Waals surface area (Å²) >= 11 is 1.50. The Morgan fingerprint density at radius 3 is 2.58 bits per heavy atom. The maximum absolute atomic E-state index is 12.2. The van der Waals surface area contributed by atoms with Crippen LogP contribution in [0, 0.1) is 0 Å². The lowest BCUT2D eigenvalue weighted by Crippen LogP contribution is -2.56. The van der Waals surface area contributed by atoms with Crippen molar-refractivity contribution in [3.05, 3.63) is 54.1 Å². The summed E-state index contributed by atoms with van der Waals surface area (Å²) in [7, 11) is -3.27. The number of thioether (sulfide) groups is 1. The van der Waals surface area contributed by atoms with Crippen LogP contribution >= 0.6 is 11.8 Å². The highest BCUT2D eigenvalue weighted by atomic mass is 32.2. The zero-order valence-corrected chi connectivity index (χ0v) is 16.3. The summed E-state index contributed by atoms with van der Waals surface area (Å²) in [4.78, 5) is 13.8. The van der Waals surface area contributed by atoms with Crippen LogP contribution in [-0.4, -0.2) is 44.6 Å². The van der Waals surface area contributed by atoms with Crippen LogP contribution in [0.1, 0.15) is 18.4 Å². The average molecular weight is 394 g/mol. The summed E-state index contributed by atoms with van der Waals surface area (Å²) in [5, 5.41) is 8.39. The summed E-state index contributed by atoms with van der Waals surface area (Å²) < 4.78 is 23.5. The summed E-state index contributed by atoms with van der Waals surface area (Å²) in [6, 6.07) is 7.00. The van der Waals surface area contributed by atoms with Crippen LogP contribution in [0.3, 0.4) is 0 Å². The lowest BCUT2D eigenvalue weighted by atomic mass is 10.0. The zero-order chi connectivity index (χ0) is 18.8. The Morgan fingerprint density at radius 2 is 2.00 bits per heavy atom. The largest absolute Gasteiger partial charge is 0.339 e. The molecule has 3 rings (SSSR count). The first-order valence-electron chi connectivity index (χ1n) is 8.45. The quantitative estimate of drug-likeness (QED) is 0.743. The van der Waals surface area contributed by atoms with E-state index in [9.17, 15) is 13.2 Å². The second-order valence-corrected chi connectivity index (χ2v) is 9.54. The van der Waals surface area contributed by atoms with E-state index < -0.39 is 14.8 Å². The van der Waals surface area contributed by atoms with E-state index in [2.05, 4.69) is 22.1 Å². The van der Waals surface area contributed by atoms with Crippen LogP contribution < -0.4 is 10.6 Å². The molecule has 8 heteroatoms. The van der Waals surface area contributed by atoms with E-state index in [1.54, 1.807) is 24.3 Å². The van der Waals surface area contributed by atoms with Gasteiger partial charge in [-0.15, -0.1) is 0 Å². The summed E-state index contributed by atoms with van der Waals surface area (Å²) in [6.45, 7) is 5.42. The highest BCUT2D eigenvalue weighted by Crippen LogP contribution is 2.45. The summed E-state index contributed by atoms with van der Waals surface area (Å²) in [5.41, 5.74) is 0.827. The number of hydrogen-bond acceptors (Lipinski definition) is 6. The average Bonchev–Trinajstić information content (AvgIpc) is 3.06. The van der Waals surface area contributed by atoms with Crippen molar-refractivity contribution in [2.24, 2.45) is 0 Å². The monoisotopic (exact) mass is 393 g/mol. The molecule has 2 aliphatic heterocycles. The maximum Gasteiger partial charge on any atom is 0.246 e. The molecule has 26 heavy (non-hydrogen) atoms. The van der Waals surface area contributed by atoms with Crippen molar-refractivity contribution in [1.29, 1.82) is 0 Å². The number of benzene rings is 1. The molecule has 0 radical (unpaired) electrons. The Kier molecular flexibility index (Phi) is 5.45. The first kappa shape index (κ1) is 19.0. The van der Waals surface area contributed by atoms with E-state index in [0.29, 0.717) is 0 Å². The Balaban J connectivity index is 2.01. The molecule has 0 saturated carbocycles. The van der Waals surface area contributed by atoms with Gasteiger partial charge in [-0.3, -0.25) is 4.79 Å². The number of carbonyl (C=O) groups excluding carboxylic acids is 1. The lowest BCUT2D eigenvalue weighted by Gasteiger charge is -2.45. The normalized spacial score (nSPS) is 23.8. The van der Waals surface area contributed by atoms with Crippen molar-refractivity contribution in [3.63, 3.8) is 0 Å². The standard InChI is InChI=1S/C18H23N3O3S2/c1-3-17(22)20-18(14-4-6-16(7-5-14)26(2,23)24)21(12-13-25-18)15-8-10-19-11-9-15/h3-7,12-13,15,19H,1,8-11H2,2H3,(H,20,22). The minimum absolute atomic E-state index is 0.260. The number of amides is 1. The van der Waals surface area contributed by atoms with E-state index in [1.165, 1.54) is 24.1 Å². The Hall–Kier alpha value is -1.77. The minimum Gasteiger partial charge on any atom is -0.339 e. The third-order valence-electron chi connectivity index (χ3n) is 4.68. The predicted octanol–water partition coefficient (Wildman–Crippen LogP) is 1.77. The van der Waals surface area contributed by atoms with Gasteiger partial charge in [0.1, 0.15) is 0 Å². The second kappa shape index (κ2) is 7.46. The third kappa shape index (κ3) is 3.67. The van der Waals surface area contributed by atoms with E-state index in [4.69, 9.17) is 0 Å². The molecule has 0 bridgehead atoms. The van der Waals surface area contributed by atoms with Gasteiger partial charge in [0.25, 0.3) is 0 Å².